The molecule has 98 valence electrons. The van der Waals surface area contributed by atoms with Crippen LogP contribution in [0.25, 0.3) is 0 Å². The molecule has 1 aliphatic heterocycles. The van der Waals surface area contributed by atoms with Gasteiger partial charge in [-0.2, -0.15) is 0 Å². The molecular weight excluding hydrogens is 299 g/mol. The number of likely N-dealkylation sites (tertiary alicyclic amines) is 1. The van der Waals surface area contributed by atoms with Crippen LogP contribution >= 0.6 is 15.9 Å². The highest BCUT2D eigenvalue weighted by Crippen LogP contribution is 2.22. The van der Waals surface area contributed by atoms with E-state index in [1.54, 1.807) is 13.0 Å². The van der Waals surface area contributed by atoms with Crippen LogP contribution in [0.3, 0.4) is 0 Å². The Morgan fingerprint density at radius 1 is 1.44 bits per heavy atom. The molecule has 1 N–H and O–H groups in total. The zero-order valence-corrected chi connectivity index (χ0v) is 11.8. The van der Waals surface area contributed by atoms with Crippen LogP contribution in [0.2, 0.25) is 0 Å². The predicted octanol–water partition coefficient (Wildman–Crippen LogP) is 3.01. The zero-order valence-electron chi connectivity index (χ0n) is 10.2. The van der Waals surface area contributed by atoms with Gasteiger partial charge in [0, 0.05) is 31.7 Å². The molecule has 1 saturated heterocycles. The Balaban J connectivity index is 1.91. The van der Waals surface area contributed by atoms with Crippen molar-refractivity contribution in [2.45, 2.75) is 25.8 Å². The summed E-state index contributed by atoms with van der Waals surface area (Å²) < 4.78 is 13.8. The molecule has 0 aromatic heterocycles. The largest absolute Gasteiger partial charge is 0.382 e. The maximum Gasteiger partial charge on any atom is 0.219 e. The van der Waals surface area contributed by atoms with E-state index >= 15 is 0 Å². The van der Waals surface area contributed by atoms with Crippen LogP contribution in [0, 0.1) is 5.82 Å². The smallest absolute Gasteiger partial charge is 0.219 e. The van der Waals surface area contributed by atoms with Crippen molar-refractivity contribution >= 4 is 27.5 Å². The molecule has 1 amide bonds. The van der Waals surface area contributed by atoms with Gasteiger partial charge in [-0.3, -0.25) is 4.79 Å². The summed E-state index contributed by atoms with van der Waals surface area (Å²) in [5.74, 6) is -0.135. The minimum absolute atomic E-state index is 0.128. The SMILES string of the molecule is CC(=O)N1CCC(Nc2ccc(Br)c(F)c2)CC1. The summed E-state index contributed by atoms with van der Waals surface area (Å²) in [4.78, 5) is 13.0. The van der Waals surface area contributed by atoms with Crippen LogP contribution in [-0.2, 0) is 4.79 Å². The molecule has 2 rings (SSSR count). The Bertz CT molecular complexity index is 445. The van der Waals surface area contributed by atoms with Gasteiger partial charge in [0.2, 0.25) is 5.91 Å². The van der Waals surface area contributed by atoms with Crippen LogP contribution in [0.5, 0.6) is 0 Å². The van der Waals surface area contributed by atoms with E-state index in [1.807, 2.05) is 11.0 Å². The van der Waals surface area contributed by atoms with Gasteiger partial charge < -0.3 is 10.2 Å². The third-order valence-corrected chi connectivity index (χ3v) is 3.87. The molecule has 0 spiro atoms. The molecular formula is C13H16BrFN2O. The third-order valence-electron chi connectivity index (χ3n) is 3.23. The average molecular weight is 315 g/mol. The number of piperidine rings is 1. The van der Waals surface area contributed by atoms with E-state index in [0.717, 1.165) is 31.6 Å². The molecule has 0 bridgehead atoms. The number of hydrogen-bond acceptors (Lipinski definition) is 2. The van der Waals surface area contributed by atoms with Gasteiger partial charge in [0.05, 0.1) is 4.47 Å². The fraction of sp³-hybridized carbons (Fsp3) is 0.462. The summed E-state index contributed by atoms with van der Waals surface area (Å²) in [5, 5.41) is 3.31. The lowest BCUT2D eigenvalue weighted by atomic mass is 10.0. The Kier molecular flexibility index (Phi) is 4.22. The summed E-state index contributed by atoms with van der Waals surface area (Å²) >= 11 is 3.13. The second-order valence-electron chi connectivity index (χ2n) is 4.55. The van der Waals surface area contributed by atoms with Gasteiger partial charge in [0.15, 0.2) is 0 Å². The number of halogens is 2. The number of hydrogen-bond donors (Lipinski definition) is 1. The van der Waals surface area contributed by atoms with Crippen molar-refractivity contribution in [2.75, 3.05) is 18.4 Å². The van der Waals surface area contributed by atoms with Crippen molar-refractivity contribution in [2.24, 2.45) is 0 Å². The average Bonchev–Trinajstić information content (AvgIpc) is 2.34. The minimum atomic E-state index is -0.263. The first-order chi connectivity index (χ1) is 8.56. The quantitative estimate of drug-likeness (QED) is 0.910. The first-order valence-electron chi connectivity index (χ1n) is 6.03. The molecule has 0 saturated carbocycles. The molecule has 0 radical (unpaired) electrons. The number of anilines is 1. The van der Waals surface area contributed by atoms with Gasteiger partial charge in [-0.15, -0.1) is 0 Å². The first kappa shape index (κ1) is 13.3. The Morgan fingerprint density at radius 3 is 2.67 bits per heavy atom. The fourth-order valence-electron chi connectivity index (χ4n) is 2.16. The van der Waals surface area contributed by atoms with Crippen molar-refractivity contribution in [1.29, 1.82) is 0 Å². The normalized spacial score (nSPS) is 16.7. The maximum atomic E-state index is 13.4. The van der Waals surface area contributed by atoms with Gasteiger partial charge in [0.1, 0.15) is 5.82 Å². The van der Waals surface area contributed by atoms with E-state index in [-0.39, 0.29) is 11.7 Å². The van der Waals surface area contributed by atoms with Gasteiger partial charge >= 0.3 is 0 Å². The van der Waals surface area contributed by atoms with E-state index in [2.05, 4.69) is 21.2 Å². The first-order valence-corrected chi connectivity index (χ1v) is 6.82. The van der Waals surface area contributed by atoms with Gasteiger partial charge in [-0.1, -0.05) is 0 Å². The highest BCUT2D eigenvalue weighted by Gasteiger charge is 2.20. The summed E-state index contributed by atoms with van der Waals surface area (Å²) in [6.07, 6.45) is 1.80. The minimum Gasteiger partial charge on any atom is -0.382 e. The Labute approximate surface area is 114 Å². The molecule has 18 heavy (non-hydrogen) atoms. The Morgan fingerprint density at radius 2 is 2.11 bits per heavy atom. The molecule has 5 heteroatoms. The zero-order chi connectivity index (χ0) is 13.1. The Hall–Kier alpha value is -1.10. The number of carbonyl (C=O) groups is 1. The lowest BCUT2D eigenvalue weighted by Gasteiger charge is -2.32. The van der Waals surface area contributed by atoms with Crippen molar-refractivity contribution in [3.8, 4) is 0 Å². The molecule has 1 heterocycles. The summed E-state index contributed by atoms with van der Waals surface area (Å²) in [6.45, 7) is 3.13. The summed E-state index contributed by atoms with van der Waals surface area (Å²) in [5.41, 5.74) is 0.789. The van der Waals surface area contributed by atoms with Crippen LogP contribution in [-0.4, -0.2) is 29.9 Å². The van der Waals surface area contributed by atoms with E-state index in [4.69, 9.17) is 0 Å². The van der Waals surface area contributed by atoms with E-state index in [9.17, 15) is 9.18 Å². The van der Waals surface area contributed by atoms with E-state index < -0.39 is 0 Å². The highest BCUT2D eigenvalue weighted by atomic mass is 79.9. The van der Waals surface area contributed by atoms with Gasteiger partial charge in [0.25, 0.3) is 0 Å². The molecule has 1 aliphatic rings. The number of nitrogens with one attached hydrogen (secondary N) is 1. The summed E-state index contributed by atoms with van der Waals surface area (Å²) in [6, 6.07) is 5.34. The topological polar surface area (TPSA) is 32.3 Å². The third kappa shape index (κ3) is 3.22. The molecule has 1 fully saturated rings. The van der Waals surface area contributed by atoms with Crippen molar-refractivity contribution in [1.82, 2.24) is 4.90 Å². The fourth-order valence-corrected chi connectivity index (χ4v) is 2.41. The number of benzene rings is 1. The predicted molar refractivity (Wildman–Crippen MR) is 73.0 cm³/mol. The van der Waals surface area contributed by atoms with E-state index in [0.29, 0.717) is 10.5 Å². The lowest BCUT2D eigenvalue weighted by molar-refractivity contribution is -0.129. The van der Waals surface area contributed by atoms with E-state index in [1.165, 1.54) is 6.07 Å². The lowest BCUT2D eigenvalue weighted by Crippen LogP contribution is -2.41. The second-order valence-corrected chi connectivity index (χ2v) is 5.41. The van der Waals surface area contributed by atoms with Crippen LogP contribution < -0.4 is 5.32 Å². The molecule has 1 aromatic rings. The van der Waals surface area contributed by atoms with Crippen LogP contribution in [0.1, 0.15) is 19.8 Å². The van der Waals surface area contributed by atoms with Crippen molar-refractivity contribution < 1.29 is 9.18 Å². The molecule has 0 unspecified atom stereocenters. The summed E-state index contributed by atoms with van der Waals surface area (Å²) in [7, 11) is 0. The van der Waals surface area contributed by atoms with Crippen molar-refractivity contribution in [3.05, 3.63) is 28.5 Å². The number of rotatable bonds is 2. The molecule has 3 nitrogen and oxygen atoms in total. The number of nitrogens with zero attached hydrogens (tertiary/aromatic N) is 1. The van der Waals surface area contributed by atoms with Crippen molar-refractivity contribution in [3.63, 3.8) is 0 Å². The van der Waals surface area contributed by atoms with Crippen LogP contribution in [0.15, 0.2) is 22.7 Å². The van der Waals surface area contributed by atoms with Gasteiger partial charge in [-0.05, 0) is 47.0 Å². The molecule has 1 aromatic carbocycles. The second kappa shape index (κ2) is 5.69. The standard InChI is InChI=1S/C13H16BrFN2O/c1-9(18)17-6-4-10(5-7-17)16-11-2-3-12(14)13(15)8-11/h2-3,8,10,16H,4-7H2,1H3. The van der Waals surface area contributed by atoms with Crippen LogP contribution in [0.4, 0.5) is 10.1 Å². The number of amides is 1. The van der Waals surface area contributed by atoms with Gasteiger partial charge in [-0.25, -0.2) is 4.39 Å². The molecule has 0 atom stereocenters. The molecule has 0 aliphatic carbocycles. The highest BCUT2D eigenvalue weighted by molar-refractivity contribution is 9.10. The number of carbonyl (C=O) groups excluding carboxylic acids is 1. The monoisotopic (exact) mass is 314 g/mol. The maximum absolute atomic E-state index is 13.4.